The van der Waals surface area contributed by atoms with Gasteiger partial charge in [-0.05, 0) is 43.4 Å². The molecule has 2 aromatic rings. The van der Waals surface area contributed by atoms with Crippen LogP contribution < -0.4 is 10.6 Å². The third-order valence-corrected chi connectivity index (χ3v) is 3.90. The minimum Gasteiger partial charge on any atom is -0.351 e. The van der Waals surface area contributed by atoms with E-state index >= 15 is 0 Å². The van der Waals surface area contributed by atoms with Crippen LogP contribution in [-0.4, -0.2) is 29.4 Å². The molecule has 0 saturated heterocycles. The molecule has 1 heterocycles. The van der Waals surface area contributed by atoms with Crippen LogP contribution in [0.4, 0.5) is 0 Å². The van der Waals surface area contributed by atoms with Crippen molar-refractivity contribution in [3.63, 3.8) is 0 Å². The van der Waals surface area contributed by atoms with Gasteiger partial charge in [0.2, 0.25) is 0 Å². The monoisotopic (exact) mass is 323 g/mol. The van der Waals surface area contributed by atoms with E-state index in [9.17, 15) is 9.59 Å². The Morgan fingerprint density at radius 2 is 1.67 bits per heavy atom. The fourth-order valence-corrected chi connectivity index (χ4v) is 2.40. The first-order chi connectivity index (χ1) is 11.7. The first kappa shape index (κ1) is 16.2. The van der Waals surface area contributed by atoms with Crippen molar-refractivity contribution in [2.45, 2.75) is 31.7 Å². The molecule has 1 aromatic carbocycles. The fraction of sp³-hybridized carbons (Fsp3) is 0.316. The summed E-state index contributed by atoms with van der Waals surface area (Å²) in [6.45, 7) is 0.577. The predicted octanol–water partition coefficient (Wildman–Crippen LogP) is 2.34. The number of benzene rings is 1. The average Bonchev–Trinajstić information content (AvgIpc) is 3.43. The van der Waals surface area contributed by atoms with Crippen LogP contribution in [0.1, 0.15) is 45.8 Å². The second kappa shape index (κ2) is 7.73. The van der Waals surface area contributed by atoms with Crippen molar-refractivity contribution in [2.24, 2.45) is 0 Å². The van der Waals surface area contributed by atoms with Gasteiger partial charge in [-0.1, -0.05) is 36.4 Å². The molecule has 1 aromatic heterocycles. The summed E-state index contributed by atoms with van der Waals surface area (Å²) >= 11 is 0. The average molecular weight is 323 g/mol. The van der Waals surface area contributed by atoms with Gasteiger partial charge < -0.3 is 10.6 Å². The third kappa shape index (κ3) is 4.65. The summed E-state index contributed by atoms with van der Waals surface area (Å²) in [7, 11) is 0. The van der Waals surface area contributed by atoms with Gasteiger partial charge in [0.05, 0.1) is 0 Å². The summed E-state index contributed by atoms with van der Waals surface area (Å²) in [5, 5.41) is 5.73. The maximum Gasteiger partial charge on any atom is 0.270 e. The highest BCUT2D eigenvalue weighted by molar-refractivity contribution is 5.96. The van der Waals surface area contributed by atoms with E-state index in [0.29, 0.717) is 12.2 Å². The zero-order chi connectivity index (χ0) is 16.8. The van der Waals surface area contributed by atoms with Crippen LogP contribution in [0.3, 0.4) is 0 Å². The molecule has 3 rings (SSSR count). The Labute approximate surface area is 141 Å². The zero-order valence-electron chi connectivity index (χ0n) is 13.5. The SMILES string of the molecule is O=C(NCCCc1ccccc1)c1cccc(C(=O)NC2CC2)n1. The molecule has 0 radical (unpaired) electrons. The van der Waals surface area contributed by atoms with Gasteiger partial charge in [0.25, 0.3) is 11.8 Å². The molecule has 1 aliphatic carbocycles. The third-order valence-electron chi connectivity index (χ3n) is 3.90. The number of carbonyl (C=O) groups is 2. The van der Waals surface area contributed by atoms with E-state index in [1.54, 1.807) is 18.2 Å². The number of hydrogen-bond donors (Lipinski definition) is 2. The molecular formula is C19H21N3O2. The van der Waals surface area contributed by atoms with Gasteiger partial charge in [0.1, 0.15) is 11.4 Å². The lowest BCUT2D eigenvalue weighted by Gasteiger charge is -2.07. The quantitative estimate of drug-likeness (QED) is 0.768. The van der Waals surface area contributed by atoms with Gasteiger partial charge in [-0.15, -0.1) is 0 Å². The van der Waals surface area contributed by atoms with E-state index in [-0.39, 0.29) is 23.6 Å². The Balaban J connectivity index is 1.48. The minimum atomic E-state index is -0.246. The Morgan fingerprint density at radius 1 is 0.958 bits per heavy atom. The van der Waals surface area contributed by atoms with Crippen LogP contribution in [0.15, 0.2) is 48.5 Å². The number of carbonyl (C=O) groups excluding carboxylic acids is 2. The van der Waals surface area contributed by atoms with Crippen molar-refractivity contribution >= 4 is 11.8 Å². The molecule has 1 aliphatic rings. The van der Waals surface area contributed by atoms with Crippen LogP contribution >= 0.6 is 0 Å². The highest BCUT2D eigenvalue weighted by atomic mass is 16.2. The molecule has 0 bridgehead atoms. The fourth-order valence-electron chi connectivity index (χ4n) is 2.40. The molecule has 0 spiro atoms. The number of aryl methyl sites for hydroxylation is 1. The van der Waals surface area contributed by atoms with Crippen molar-refractivity contribution in [2.75, 3.05) is 6.54 Å². The summed E-state index contributed by atoms with van der Waals surface area (Å²) in [6, 6.07) is 15.4. The van der Waals surface area contributed by atoms with Crippen molar-refractivity contribution < 1.29 is 9.59 Å². The number of hydrogen-bond acceptors (Lipinski definition) is 3. The van der Waals surface area contributed by atoms with Crippen molar-refractivity contribution in [1.82, 2.24) is 15.6 Å². The molecule has 124 valence electrons. The van der Waals surface area contributed by atoms with Crippen LogP contribution in [0.2, 0.25) is 0 Å². The van der Waals surface area contributed by atoms with E-state index in [2.05, 4.69) is 27.8 Å². The van der Waals surface area contributed by atoms with Gasteiger partial charge in [0.15, 0.2) is 0 Å². The molecule has 2 N–H and O–H groups in total. The number of nitrogens with zero attached hydrogens (tertiary/aromatic N) is 1. The second-order valence-electron chi connectivity index (χ2n) is 6.00. The molecule has 1 fully saturated rings. The Hall–Kier alpha value is -2.69. The van der Waals surface area contributed by atoms with Crippen molar-refractivity contribution in [1.29, 1.82) is 0 Å². The van der Waals surface area contributed by atoms with E-state index in [1.165, 1.54) is 5.56 Å². The highest BCUT2D eigenvalue weighted by Crippen LogP contribution is 2.19. The predicted molar refractivity (Wildman–Crippen MR) is 91.8 cm³/mol. The molecule has 5 heteroatoms. The van der Waals surface area contributed by atoms with E-state index in [4.69, 9.17) is 0 Å². The van der Waals surface area contributed by atoms with E-state index < -0.39 is 0 Å². The number of rotatable bonds is 7. The van der Waals surface area contributed by atoms with Crippen molar-refractivity contribution in [3.05, 3.63) is 65.5 Å². The van der Waals surface area contributed by atoms with Crippen LogP contribution in [-0.2, 0) is 6.42 Å². The molecule has 0 aliphatic heterocycles. The number of nitrogens with one attached hydrogen (secondary N) is 2. The topological polar surface area (TPSA) is 71.1 Å². The number of aromatic nitrogens is 1. The van der Waals surface area contributed by atoms with Gasteiger partial charge in [-0.3, -0.25) is 9.59 Å². The molecular weight excluding hydrogens is 302 g/mol. The molecule has 2 amide bonds. The summed E-state index contributed by atoms with van der Waals surface area (Å²) in [5.74, 6) is -0.458. The summed E-state index contributed by atoms with van der Waals surface area (Å²) in [5.41, 5.74) is 1.82. The summed E-state index contributed by atoms with van der Waals surface area (Å²) in [6.07, 6.45) is 3.82. The van der Waals surface area contributed by atoms with Crippen LogP contribution in [0, 0.1) is 0 Å². The molecule has 0 atom stereocenters. The number of pyridine rings is 1. The van der Waals surface area contributed by atoms with E-state index in [0.717, 1.165) is 25.7 Å². The maximum atomic E-state index is 12.2. The lowest BCUT2D eigenvalue weighted by atomic mass is 10.1. The standard InChI is InChI=1S/C19H21N3O2/c23-18(20-13-5-8-14-6-2-1-3-7-14)16-9-4-10-17(22-16)19(24)21-15-11-12-15/h1-4,6-7,9-10,15H,5,8,11-13H2,(H,20,23)(H,21,24). The first-order valence-electron chi connectivity index (χ1n) is 8.32. The normalized spacial score (nSPS) is 13.3. The van der Waals surface area contributed by atoms with Crippen LogP contribution in [0.25, 0.3) is 0 Å². The zero-order valence-corrected chi connectivity index (χ0v) is 13.5. The van der Waals surface area contributed by atoms with Gasteiger partial charge in [-0.2, -0.15) is 0 Å². The van der Waals surface area contributed by atoms with E-state index in [1.807, 2.05) is 18.2 Å². The minimum absolute atomic E-state index is 0.212. The van der Waals surface area contributed by atoms with Gasteiger partial charge >= 0.3 is 0 Å². The first-order valence-corrected chi connectivity index (χ1v) is 8.32. The van der Waals surface area contributed by atoms with Gasteiger partial charge in [-0.25, -0.2) is 4.98 Å². The lowest BCUT2D eigenvalue weighted by Crippen LogP contribution is -2.29. The molecule has 1 saturated carbocycles. The largest absolute Gasteiger partial charge is 0.351 e. The van der Waals surface area contributed by atoms with Crippen molar-refractivity contribution in [3.8, 4) is 0 Å². The lowest BCUT2D eigenvalue weighted by molar-refractivity contribution is 0.0943. The second-order valence-corrected chi connectivity index (χ2v) is 6.00. The smallest absolute Gasteiger partial charge is 0.270 e. The Morgan fingerprint density at radius 3 is 2.38 bits per heavy atom. The Bertz CT molecular complexity index is 712. The summed E-state index contributed by atoms with van der Waals surface area (Å²) < 4.78 is 0. The number of amides is 2. The molecule has 5 nitrogen and oxygen atoms in total. The maximum absolute atomic E-state index is 12.2. The molecule has 0 unspecified atom stereocenters. The molecule has 24 heavy (non-hydrogen) atoms. The highest BCUT2D eigenvalue weighted by Gasteiger charge is 2.24. The Kier molecular flexibility index (Phi) is 5.21. The van der Waals surface area contributed by atoms with Gasteiger partial charge in [0, 0.05) is 12.6 Å². The van der Waals surface area contributed by atoms with Crippen LogP contribution in [0.5, 0.6) is 0 Å². The summed E-state index contributed by atoms with van der Waals surface area (Å²) in [4.78, 5) is 28.3.